The van der Waals surface area contributed by atoms with Crippen LogP contribution in [0.4, 0.5) is 70.7 Å². The average molecular weight is 1890 g/mol. The number of hydrogen-bond donors (Lipinski definition) is 4. The van der Waals surface area contributed by atoms with E-state index in [0.717, 1.165) is 94.1 Å². The Kier molecular flexibility index (Phi) is 37.9. The number of aromatic nitrogens is 15. The average Bonchev–Trinajstić information content (AvgIpc) is 1.23. The Labute approximate surface area is 759 Å². The van der Waals surface area contributed by atoms with Gasteiger partial charge < -0.3 is 35.2 Å². The number of imide groups is 1. The van der Waals surface area contributed by atoms with Gasteiger partial charge in [0.2, 0.25) is 11.2 Å². The number of carbonyl (C=O) groups excluding carboxylic acids is 6. The summed E-state index contributed by atoms with van der Waals surface area (Å²) in [5, 5.41) is 49.7. The number of hydrogen-bond acceptors (Lipinski definition) is 25. The molecule has 0 saturated carbocycles. The first-order valence-electron chi connectivity index (χ1n) is 37.7. The van der Waals surface area contributed by atoms with E-state index in [9.17, 15) is 64.6 Å². The molecule has 13 rings (SSSR count). The Morgan fingerprint density at radius 3 is 1.07 bits per heavy atom. The Bertz CT molecular complexity index is 6190. The number of nitrogens with two attached hydrogens (primary N) is 1. The standard InChI is InChI=1S/C30H25F5N6O4.C25H17F5N6O2.C23H14F5N5O.C7H9NO4.2CH4.BHN.ClH/c1-28(2,3)45-27(43)37-16-26(42)44-29(17-41-18-38-39-40-41,23-12-11-22(32)14-24(23)33)30(34,35)25-13-8-20(15-36-25)5-4-19-6-9-21(31)10-7-19;26-18-6-3-16(4-7-18)1-2-17-5-10-22(32-13-17)25(29,30)24(38-23(37)12-31,14-36-15-33-34-35-36)20-9-8-19(27)11-21(20)28;24-17-6-3-15(4-7-17)1-2-16-5-10-21(29-12-16)23(27,28)22(34,13-33-14-30-31-32-33)19-9-8-18(25)11-20(19)26;1-2-7(11)12-8-5(9)3-4-6(8)10;;;1-2;/h6-15,18H,16-17H2,1-3H3,(H,37,43);3-11,13,15H,12,14,31H2;3-12,14,34H,13H2;2-4H2,1H3;2*1H4;2H;1H. The molecule has 3 unspecified atom stereocenters. The number of esters is 2. The molecule has 0 aliphatic carbocycles. The Morgan fingerprint density at radius 1 is 0.448 bits per heavy atom. The molecule has 0 bridgehead atoms. The van der Waals surface area contributed by atoms with Gasteiger partial charge in [0.1, 0.15) is 101 Å². The normalized spacial score (nSPS) is 12.8. The number of amides is 3. The molecule has 6 aromatic heterocycles. The number of carbonyl (C=O) groups is 6. The van der Waals surface area contributed by atoms with E-state index in [2.05, 4.69) is 115 Å². The van der Waals surface area contributed by atoms with Gasteiger partial charge >= 0.3 is 54.7 Å². The molecular formula is C87H75BClF15N19O11. The molecular weight excluding hydrogens is 1820 g/mol. The molecule has 1 aliphatic heterocycles. The maximum absolute atomic E-state index is 16.8. The molecule has 0 spiro atoms. The maximum atomic E-state index is 16.8. The molecule has 12 aromatic rings. The number of pyridine rings is 3. The van der Waals surface area contributed by atoms with Crippen molar-refractivity contribution in [2.75, 3.05) is 13.1 Å². The Hall–Kier alpha value is -15.5. The van der Waals surface area contributed by atoms with Crippen LogP contribution in [0.5, 0.6) is 0 Å². The molecule has 699 valence electrons. The fourth-order valence-electron chi connectivity index (χ4n) is 11.6. The summed E-state index contributed by atoms with van der Waals surface area (Å²) in [5.74, 6) is -9.32. The van der Waals surface area contributed by atoms with Crippen LogP contribution in [-0.2, 0) is 97.2 Å². The summed E-state index contributed by atoms with van der Waals surface area (Å²) in [7, 11) is 3.75. The van der Waals surface area contributed by atoms with Crippen molar-refractivity contribution in [3.05, 3.63) is 321 Å². The minimum absolute atomic E-state index is 0. The van der Waals surface area contributed by atoms with Gasteiger partial charge in [-0.1, -0.05) is 57.3 Å². The third-order valence-corrected chi connectivity index (χ3v) is 17.8. The number of alkyl carbamates (subject to hydrolysis) is 1. The zero-order valence-corrected chi connectivity index (χ0v) is 69.4. The van der Waals surface area contributed by atoms with E-state index < -0.39 is 195 Å². The number of tetrazole rings is 3. The third-order valence-electron chi connectivity index (χ3n) is 17.8. The molecule has 5 N–H and O–H groups in total. The second-order valence-electron chi connectivity index (χ2n) is 28.1. The van der Waals surface area contributed by atoms with Crippen LogP contribution in [0.25, 0.3) is 0 Å². The summed E-state index contributed by atoms with van der Waals surface area (Å²) in [6, 6.07) is 27.8. The van der Waals surface area contributed by atoms with Gasteiger partial charge in [0.15, 0.2) is 5.60 Å². The van der Waals surface area contributed by atoms with Crippen LogP contribution in [0.3, 0.4) is 0 Å². The molecule has 1 fully saturated rings. The second kappa shape index (κ2) is 47.4. The molecule has 134 heavy (non-hydrogen) atoms. The quantitative estimate of drug-likeness (QED) is 0.0122. The summed E-state index contributed by atoms with van der Waals surface area (Å²) >= 11 is 0. The van der Waals surface area contributed by atoms with Crippen LogP contribution in [0.15, 0.2) is 201 Å². The topological polar surface area (TPSA) is 394 Å². The molecule has 1 saturated heterocycles. The van der Waals surface area contributed by atoms with Gasteiger partial charge in [0, 0.05) is 106 Å². The number of nitrogens with one attached hydrogen (secondary N) is 2. The van der Waals surface area contributed by atoms with Gasteiger partial charge in [0.05, 0.1) is 26.2 Å². The zero-order valence-electron chi connectivity index (χ0n) is 68.6. The number of nitrogens with zero attached hydrogens (tertiary/aromatic N) is 16. The first kappa shape index (κ1) is 107. The van der Waals surface area contributed by atoms with E-state index in [4.69, 9.17) is 25.3 Å². The van der Waals surface area contributed by atoms with Gasteiger partial charge in [0.25, 0.3) is 11.8 Å². The van der Waals surface area contributed by atoms with E-state index in [1.165, 1.54) is 91.0 Å². The molecule has 6 aromatic carbocycles. The predicted molar refractivity (Wildman–Crippen MR) is 443 cm³/mol. The van der Waals surface area contributed by atoms with E-state index in [1.54, 1.807) is 27.7 Å². The van der Waals surface area contributed by atoms with Crippen molar-refractivity contribution in [3.63, 3.8) is 0 Å². The zero-order chi connectivity index (χ0) is 95.7. The van der Waals surface area contributed by atoms with Crippen LogP contribution < -0.4 is 11.1 Å². The molecule has 7 heterocycles. The van der Waals surface area contributed by atoms with Crippen molar-refractivity contribution in [2.24, 2.45) is 5.73 Å². The number of benzene rings is 6. The van der Waals surface area contributed by atoms with Crippen molar-refractivity contribution in [1.82, 2.24) is 86.0 Å². The van der Waals surface area contributed by atoms with Crippen LogP contribution >= 0.6 is 12.4 Å². The molecule has 1 radical (unpaired) electrons. The second-order valence-corrected chi connectivity index (χ2v) is 28.1. The summed E-state index contributed by atoms with van der Waals surface area (Å²) in [6.45, 7) is 1.50. The summed E-state index contributed by atoms with van der Waals surface area (Å²) in [5.41, 5.74) is -8.62. The Morgan fingerprint density at radius 2 is 0.761 bits per heavy atom. The first-order valence-corrected chi connectivity index (χ1v) is 37.7. The summed E-state index contributed by atoms with van der Waals surface area (Å²) < 4.78 is 241. The first-order chi connectivity index (χ1) is 62.2. The van der Waals surface area contributed by atoms with Gasteiger partial charge in [-0.05, 0) is 198 Å². The van der Waals surface area contributed by atoms with Gasteiger partial charge in [-0.3, -0.25) is 34.1 Å². The SMILES string of the molecule is C.C.CC(C)(C)OC(=O)NCC(=O)OC(Cn1cnnn1)(c1ccc(F)cc1F)C(F)(F)c1ccc(C#Cc2ccc(F)cc2)cn1.CCC(=O)ON1C(=O)CCC1=O.Cl.NCC(=O)OC(Cn1cnnn1)(c1ccc(F)cc1F)C(F)(F)c1ccc(C#Cc2ccc(F)cc2)cn1.OC(Cn1cnnn1)(c1ccc(F)cc1F)C(F)(F)c1ccc(C#Cc2ccc(F)cc2)cn1.[B]=N. The van der Waals surface area contributed by atoms with Crippen molar-refractivity contribution in [1.29, 1.82) is 5.31 Å². The number of halogens is 16. The van der Waals surface area contributed by atoms with E-state index in [-0.39, 0.29) is 63.2 Å². The monoisotopic (exact) mass is 1890 g/mol. The number of rotatable bonds is 22. The Balaban J connectivity index is 0.000000286. The van der Waals surface area contributed by atoms with Crippen molar-refractivity contribution < 1.29 is 119 Å². The van der Waals surface area contributed by atoms with Gasteiger partial charge in [-0.15, -0.1) is 32.8 Å². The molecule has 30 nitrogen and oxygen atoms in total. The predicted octanol–water partition coefficient (Wildman–Crippen LogP) is 12.9. The van der Waals surface area contributed by atoms with E-state index in [1.807, 2.05) is 0 Å². The van der Waals surface area contributed by atoms with Crippen molar-refractivity contribution in [2.45, 2.75) is 122 Å². The summed E-state index contributed by atoms with van der Waals surface area (Å²) in [4.78, 5) is 85.6. The minimum atomic E-state index is -4.35. The molecule has 1 aliphatic rings. The molecule has 47 heteroatoms. The number of ether oxygens (including phenoxy) is 3. The number of alkyl halides is 6. The van der Waals surface area contributed by atoms with Gasteiger partial charge in [-0.25, -0.2) is 63.1 Å². The number of aliphatic hydroxyl groups is 1. The van der Waals surface area contributed by atoms with Gasteiger partial charge in [-0.2, -0.15) is 26.3 Å². The summed E-state index contributed by atoms with van der Waals surface area (Å²) in [6.07, 6.45) is 5.29. The fraction of sp³-hybridized carbons (Fsp3) is 0.241. The van der Waals surface area contributed by atoms with Crippen molar-refractivity contribution in [3.8, 4) is 35.5 Å². The number of hydroxylamine groups is 2. The van der Waals surface area contributed by atoms with Crippen molar-refractivity contribution >= 4 is 55.9 Å². The fourth-order valence-corrected chi connectivity index (χ4v) is 11.6. The molecule has 3 atom stereocenters. The van der Waals surface area contributed by atoms with Crippen LogP contribution in [-0.4, -0.2) is 148 Å². The van der Waals surface area contributed by atoms with Crippen LogP contribution in [0, 0.1) is 93.2 Å². The van der Waals surface area contributed by atoms with Crippen LogP contribution in [0.1, 0.15) is 129 Å². The third kappa shape index (κ3) is 27.3. The van der Waals surface area contributed by atoms with Crippen LogP contribution in [0.2, 0.25) is 0 Å². The van der Waals surface area contributed by atoms with E-state index in [0.29, 0.717) is 52.1 Å². The van der Waals surface area contributed by atoms with E-state index >= 15 is 35.1 Å². The molecule has 3 amide bonds.